The van der Waals surface area contributed by atoms with Crippen molar-refractivity contribution in [2.75, 3.05) is 38.2 Å². The molecule has 2 aliphatic rings. The number of amides is 2. The first-order chi connectivity index (χ1) is 15.7. The van der Waals surface area contributed by atoms with E-state index in [0.29, 0.717) is 44.0 Å². The summed E-state index contributed by atoms with van der Waals surface area (Å²) in [7, 11) is -4.19. The summed E-state index contributed by atoms with van der Waals surface area (Å²) in [5.74, 6) is 0.00281. The first kappa shape index (κ1) is 26.0. The van der Waals surface area contributed by atoms with Gasteiger partial charge in [0.2, 0.25) is 21.8 Å². The van der Waals surface area contributed by atoms with Crippen molar-refractivity contribution < 1.29 is 22.4 Å². The number of hydrogen-bond acceptors (Lipinski definition) is 5. The minimum atomic E-state index is -4.19. The largest absolute Gasteiger partial charge is 0.342 e. The van der Waals surface area contributed by atoms with Crippen molar-refractivity contribution in [2.24, 2.45) is 11.8 Å². The number of likely N-dealkylation sites (tertiary alicyclic amines) is 2. The van der Waals surface area contributed by atoms with Gasteiger partial charge in [-0.05, 0) is 62.2 Å². The molecule has 2 amide bonds. The number of sulfonamides is 1. The SMILES string of the molecule is CSCCC(NS(=O)(=O)c1ccccc1F)C(=O)N1CCC(C(=O)N2CCCC(C)C2)CC1. The number of nitrogens with zero attached hydrogens (tertiary/aromatic N) is 2. The molecule has 1 aromatic rings. The average Bonchev–Trinajstić information content (AvgIpc) is 2.81. The van der Waals surface area contributed by atoms with E-state index in [1.165, 1.54) is 30.0 Å². The zero-order valence-corrected chi connectivity index (χ0v) is 21.0. The van der Waals surface area contributed by atoms with Crippen LogP contribution in [0.15, 0.2) is 29.2 Å². The molecule has 0 aromatic heterocycles. The molecule has 10 heteroatoms. The summed E-state index contributed by atoms with van der Waals surface area (Å²) >= 11 is 1.51. The fourth-order valence-electron chi connectivity index (χ4n) is 4.60. The number of carbonyl (C=O) groups is 2. The van der Waals surface area contributed by atoms with Gasteiger partial charge in [-0.25, -0.2) is 12.8 Å². The van der Waals surface area contributed by atoms with Crippen molar-refractivity contribution >= 4 is 33.6 Å². The fourth-order valence-corrected chi connectivity index (χ4v) is 6.37. The number of hydrogen-bond donors (Lipinski definition) is 1. The molecule has 2 saturated heterocycles. The summed E-state index contributed by atoms with van der Waals surface area (Å²) in [5, 5.41) is 0. The maximum Gasteiger partial charge on any atom is 0.244 e. The third kappa shape index (κ3) is 6.70. The van der Waals surface area contributed by atoms with E-state index >= 15 is 0 Å². The van der Waals surface area contributed by atoms with Gasteiger partial charge in [0, 0.05) is 32.1 Å². The van der Waals surface area contributed by atoms with E-state index in [-0.39, 0.29) is 17.7 Å². The maximum atomic E-state index is 14.1. The first-order valence-electron chi connectivity index (χ1n) is 11.6. The highest BCUT2D eigenvalue weighted by Gasteiger charge is 2.35. The Bertz CT molecular complexity index is 935. The highest BCUT2D eigenvalue weighted by Crippen LogP contribution is 2.24. The third-order valence-electron chi connectivity index (χ3n) is 6.46. The van der Waals surface area contributed by atoms with Crippen molar-refractivity contribution in [2.45, 2.75) is 50.0 Å². The Morgan fingerprint density at radius 1 is 1.15 bits per heavy atom. The van der Waals surface area contributed by atoms with Crippen molar-refractivity contribution in [3.63, 3.8) is 0 Å². The topological polar surface area (TPSA) is 86.8 Å². The van der Waals surface area contributed by atoms with Crippen LogP contribution in [0.5, 0.6) is 0 Å². The van der Waals surface area contributed by atoms with Crippen LogP contribution in [0.1, 0.15) is 39.0 Å². The summed E-state index contributed by atoms with van der Waals surface area (Å²) < 4.78 is 42.1. The van der Waals surface area contributed by atoms with Gasteiger partial charge in [0.15, 0.2) is 0 Å². The van der Waals surface area contributed by atoms with Gasteiger partial charge < -0.3 is 9.80 Å². The van der Waals surface area contributed by atoms with E-state index in [9.17, 15) is 22.4 Å². The van der Waals surface area contributed by atoms with Crippen molar-refractivity contribution in [3.8, 4) is 0 Å². The molecule has 184 valence electrons. The second-order valence-corrected chi connectivity index (χ2v) is 11.7. The molecule has 0 saturated carbocycles. The molecule has 0 aliphatic carbocycles. The predicted octanol–water partition coefficient (Wildman–Crippen LogP) is 2.72. The molecular formula is C23H34FN3O4S2. The summed E-state index contributed by atoms with van der Waals surface area (Å²) in [6.07, 6.45) is 5.51. The van der Waals surface area contributed by atoms with E-state index < -0.39 is 26.8 Å². The van der Waals surface area contributed by atoms with Crippen LogP contribution in [0.2, 0.25) is 0 Å². The standard InChI is InChI=1S/C23H34FN3O4S2/c1-17-6-5-12-27(16-17)22(28)18-9-13-26(14-10-18)23(29)20(11-15-32-2)25-33(30,31)21-8-4-3-7-19(21)24/h3-4,7-8,17-18,20,25H,5-6,9-16H2,1-2H3. The van der Waals surface area contributed by atoms with E-state index in [2.05, 4.69) is 11.6 Å². The lowest BCUT2D eigenvalue weighted by Crippen LogP contribution is -2.52. The van der Waals surface area contributed by atoms with Crippen LogP contribution in [0.4, 0.5) is 4.39 Å². The van der Waals surface area contributed by atoms with Crippen molar-refractivity contribution in [1.29, 1.82) is 0 Å². The molecule has 1 aromatic carbocycles. The Morgan fingerprint density at radius 2 is 1.85 bits per heavy atom. The van der Waals surface area contributed by atoms with Crippen LogP contribution < -0.4 is 4.72 Å². The van der Waals surface area contributed by atoms with Gasteiger partial charge in [-0.3, -0.25) is 9.59 Å². The Labute approximate surface area is 200 Å². The molecule has 3 rings (SSSR count). The molecule has 2 heterocycles. The Morgan fingerprint density at radius 3 is 2.48 bits per heavy atom. The van der Waals surface area contributed by atoms with E-state index in [0.717, 1.165) is 32.0 Å². The second-order valence-electron chi connectivity index (χ2n) is 9.02. The van der Waals surface area contributed by atoms with Crippen LogP contribution in [0, 0.1) is 17.7 Å². The Kier molecular flexibility index (Phi) is 9.17. The summed E-state index contributed by atoms with van der Waals surface area (Å²) in [4.78, 5) is 29.3. The van der Waals surface area contributed by atoms with Gasteiger partial charge in [0.25, 0.3) is 0 Å². The predicted molar refractivity (Wildman–Crippen MR) is 128 cm³/mol. The van der Waals surface area contributed by atoms with Crippen LogP contribution in [-0.4, -0.2) is 74.3 Å². The minimum Gasteiger partial charge on any atom is -0.342 e. The number of halogens is 1. The zero-order chi connectivity index (χ0) is 24.0. The molecule has 0 radical (unpaired) electrons. The molecule has 2 aliphatic heterocycles. The quantitative estimate of drug-likeness (QED) is 0.594. The van der Waals surface area contributed by atoms with E-state index in [1.807, 2.05) is 11.2 Å². The molecule has 2 fully saturated rings. The first-order valence-corrected chi connectivity index (χ1v) is 14.4. The minimum absolute atomic E-state index is 0.0981. The van der Waals surface area contributed by atoms with E-state index in [1.54, 1.807) is 4.90 Å². The van der Waals surface area contributed by atoms with Gasteiger partial charge >= 0.3 is 0 Å². The van der Waals surface area contributed by atoms with Gasteiger partial charge in [0.05, 0.1) is 0 Å². The molecule has 2 unspecified atom stereocenters. The van der Waals surface area contributed by atoms with Gasteiger partial charge in [-0.2, -0.15) is 16.5 Å². The molecule has 7 nitrogen and oxygen atoms in total. The third-order valence-corrected chi connectivity index (χ3v) is 8.61. The smallest absolute Gasteiger partial charge is 0.244 e. The fraction of sp³-hybridized carbons (Fsp3) is 0.652. The summed E-state index contributed by atoms with van der Waals surface area (Å²) in [6, 6.07) is 4.16. The molecule has 1 N–H and O–H groups in total. The second kappa shape index (κ2) is 11.7. The van der Waals surface area contributed by atoms with Crippen LogP contribution in [0.25, 0.3) is 0 Å². The number of piperidine rings is 2. The van der Waals surface area contributed by atoms with E-state index in [4.69, 9.17) is 0 Å². The molecule has 33 heavy (non-hydrogen) atoms. The average molecular weight is 500 g/mol. The highest BCUT2D eigenvalue weighted by atomic mass is 32.2. The van der Waals surface area contributed by atoms with Crippen LogP contribution in [0.3, 0.4) is 0 Å². The summed E-state index contributed by atoms with van der Waals surface area (Å²) in [5.41, 5.74) is 0. The molecule has 0 spiro atoms. The monoisotopic (exact) mass is 499 g/mol. The van der Waals surface area contributed by atoms with Gasteiger partial charge in [-0.1, -0.05) is 19.1 Å². The Hall–Kier alpha value is -1.65. The molecule has 0 bridgehead atoms. The lowest BCUT2D eigenvalue weighted by atomic mass is 9.92. The molecular weight excluding hydrogens is 465 g/mol. The zero-order valence-electron chi connectivity index (χ0n) is 19.3. The van der Waals surface area contributed by atoms with Crippen LogP contribution >= 0.6 is 11.8 Å². The lowest BCUT2D eigenvalue weighted by molar-refractivity contribution is -0.142. The Balaban J connectivity index is 1.63. The van der Waals surface area contributed by atoms with Crippen LogP contribution in [-0.2, 0) is 19.6 Å². The number of nitrogens with one attached hydrogen (secondary N) is 1. The molecule has 2 atom stereocenters. The van der Waals surface area contributed by atoms with Gasteiger partial charge in [0.1, 0.15) is 16.8 Å². The number of thioether (sulfide) groups is 1. The number of benzene rings is 1. The maximum absolute atomic E-state index is 14.1. The van der Waals surface area contributed by atoms with Crippen molar-refractivity contribution in [1.82, 2.24) is 14.5 Å². The van der Waals surface area contributed by atoms with Gasteiger partial charge in [-0.15, -0.1) is 0 Å². The number of carbonyl (C=O) groups excluding carboxylic acids is 2. The highest BCUT2D eigenvalue weighted by molar-refractivity contribution is 7.98. The number of rotatable bonds is 8. The normalized spacial score (nSPS) is 21.1. The summed E-state index contributed by atoms with van der Waals surface area (Å²) in [6.45, 7) is 4.59. The van der Waals surface area contributed by atoms with Crippen molar-refractivity contribution in [3.05, 3.63) is 30.1 Å². The lowest BCUT2D eigenvalue weighted by Gasteiger charge is -2.38.